The van der Waals surface area contributed by atoms with E-state index < -0.39 is 11.8 Å². The quantitative estimate of drug-likeness (QED) is 0.219. The number of imide groups is 1. The monoisotopic (exact) mass is 721 g/mol. The number of carbonyl (C=O) groups excluding carboxylic acids is 3. The number of nitrogens with one attached hydrogen (secondary N) is 2. The number of thioether (sulfide) groups is 1. The number of thiazole rings is 1. The SMILES string of the molecule is O=C(COc1ccc(Br)cc1[C@@H]1c2sc(=O)[nH]c2S[C@@H]2[C@@H]3C[C@@H]([C@@H]4C(=O)N(c5ccc(Cl)cc5)C(=O)[C@@H]34)[C@H]12)Nc1ccccc1. The van der Waals surface area contributed by atoms with E-state index in [0.29, 0.717) is 22.1 Å². The van der Waals surface area contributed by atoms with Crippen LogP contribution in [0, 0.1) is 29.6 Å². The summed E-state index contributed by atoms with van der Waals surface area (Å²) in [7, 11) is 0. The Labute approximate surface area is 279 Å². The van der Waals surface area contributed by atoms with Gasteiger partial charge in [-0.1, -0.05) is 57.1 Å². The van der Waals surface area contributed by atoms with Gasteiger partial charge in [-0.05, 0) is 78.8 Å². The van der Waals surface area contributed by atoms with Gasteiger partial charge in [-0.15, -0.1) is 11.8 Å². The summed E-state index contributed by atoms with van der Waals surface area (Å²) in [6.45, 7) is -0.199. The third-order valence-electron chi connectivity index (χ3n) is 9.53. The van der Waals surface area contributed by atoms with Crippen molar-refractivity contribution < 1.29 is 19.1 Å². The second kappa shape index (κ2) is 11.2. The molecule has 0 unspecified atom stereocenters. The number of H-pyrrole nitrogens is 1. The molecule has 0 spiro atoms. The number of benzene rings is 3. The van der Waals surface area contributed by atoms with Crippen molar-refractivity contribution in [1.82, 2.24) is 4.98 Å². The van der Waals surface area contributed by atoms with Crippen LogP contribution in [0.5, 0.6) is 5.75 Å². The molecule has 8 nitrogen and oxygen atoms in total. The van der Waals surface area contributed by atoms with Gasteiger partial charge in [0.25, 0.3) is 5.91 Å². The van der Waals surface area contributed by atoms with Crippen LogP contribution in [-0.4, -0.2) is 34.6 Å². The summed E-state index contributed by atoms with van der Waals surface area (Å²) in [6, 6.07) is 21.7. The first kappa shape index (κ1) is 29.1. The number of amides is 3. The van der Waals surface area contributed by atoms with Crippen LogP contribution in [-0.2, 0) is 14.4 Å². The fourth-order valence-electron chi connectivity index (χ4n) is 7.97. The van der Waals surface area contributed by atoms with Crippen LogP contribution in [0.15, 0.2) is 87.1 Å². The minimum absolute atomic E-state index is 0.0167. The number of anilines is 2. The van der Waals surface area contributed by atoms with E-state index in [4.69, 9.17) is 16.3 Å². The van der Waals surface area contributed by atoms with Gasteiger partial charge in [0.15, 0.2) is 6.61 Å². The number of aromatic amines is 1. The standard InChI is InChI=1S/C33H25BrClN3O5S2/c34-15-6-11-22(43-14-23(39)36-17-4-2-1-3-5-17)19(12-15)24-25-20-13-21(28(25)44-30-29(24)45-33(42)37-30)27-26(20)31(40)38(32(27)41)18-9-7-16(35)8-10-18/h1-12,20-21,24-28H,13-14H2,(H,36,39)(H,37,42)/t20-,21-,24+,25-,26+,27+,28-/m1/s1. The highest BCUT2D eigenvalue weighted by atomic mass is 79.9. The molecule has 3 aromatic carbocycles. The van der Waals surface area contributed by atoms with Crippen molar-refractivity contribution in [3.8, 4) is 5.75 Å². The number of halogens is 2. The molecule has 1 saturated heterocycles. The van der Waals surface area contributed by atoms with Crippen LogP contribution in [0.1, 0.15) is 22.8 Å². The third kappa shape index (κ3) is 4.78. The topological polar surface area (TPSA) is 109 Å². The third-order valence-corrected chi connectivity index (χ3v) is 12.9. The summed E-state index contributed by atoms with van der Waals surface area (Å²) in [4.78, 5) is 58.6. The first-order valence-electron chi connectivity index (χ1n) is 14.6. The molecule has 2 saturated carbocycles. The zero-order valence-corrected chi connectivity index (χ0v) is 27.4. The molecule has 2 bridgehead atoms. The summed E-state index contributed by atoms with van der Waals surface area (Å²) in [5.74, 6) is -1.27. The molecule has 45 heavy (non-hydrogen) atoms. The number of ether oxygens (including phenoxy) is 1. The Bertz CT molecular complexity index is 1920. The van der Waals surface area contributed by atoms with Gasteiger partial charge in [-0.2, -0.15) is 0 Å². The van der Waals surface area contributed by atoms with Crippen LogP contribution in [0.3, 0.4) is 0 Å². The zero-order chi connectivity index (χ0) is 31.0. The predicted octanol–water partition coefficient (Wildman–Crippen LogP) is 6.55. The van der Waals surface area contributed by atoms with E-state index in [9.17, 15) is 19.2 Å². The lowest BCUT2D eigenvalue weighted by molar-refractivity contribution is -0.123. The number of hydrogen-bond donors (Lipinski definition) is 2. The van der Waals surface area contributed by atoms with Gasteiger partial charge in [0.1, 0.15) is 5.75 Å². The van der Waals surface area contributed by atoms with Gasteiger partial charge in [-0.25, -0.2) is 0 Å². The number of nitrogens with zero attached hydrogens (tertiary/aromatic N) is 1. The maximum Gasteiger partial charge on any atom is 0.305 e. The first-order chi connectivity index (χ1) is 21.8. The van der Waals surface area contributed by atoms with Crippen LogP contribution >= 0.6 is 50.6 Å². The minimum Gasteiger partial charge on any atom is -0.483 e. The molecule has 3 fully saturated rings. The maximum absolute atomic E-state index is 14.0. The smallest absolute Gasteiger partial charge is 0.305 e. The Kier molecular flexibility index (Phi) is 7.20. The number of fused-ring (bicyclic) bond motifs is 9. The molecule has 0 radical (unpaired) electrons. The number of para-hydroxylation sites is 1. The normalized spacial score (nSPS) is 27.7. The lowest BCUT2D eigenvalue weighted by Gasteiger charge is -2.43. The number of aromatic nitrogens is 1. The highest BCUT2D eigenvalue weighted by molar-refractivity contribution is 9.10. The summed E-state index contributed by atoms with van der Waals surface area (Å²) in [5, 5.41) is 4.22. The number of hydrogen-bond acceptors (Lipinski definition) is 7. The first-order valence-corrected chi connectivity index (χ1v) is 17.5. The average Bonchev–Trinajstić information content (AvgIpc) is 3.76. The lowest BCUT2D eigenvalue weighted by atomic mass is 9.68. The summed E-state index contributed by atoms with van der Waals surface area (Å²) < 4.78 is 7.01. The van der Waals surface area contributed by atoms with E-state index >= 15 is 0 Å². The van der Waals surface area contributed by atoms with Crippen molar-refractivity contribution in [2.45, 2.75) is 22.6 Å². The molecule has 7 atom stereocenters. The average molecular weight is 723 g/mol. The van der Waals surface area contributed by atoms with E-state index in [1.165, 1.54) is 16.2 Å². The van der Waals surface area contributed by atoms with Crippen LogP contribution in [0.4, 0.5) is 11.4 Å². The minimum atomic E-state index is -0.437. The zero-order valence-electron chi connectivity index (χ0n) is 23.4. The fraction of sp³-hybridized carbons (Fsp3) is 0.273. The van der Waals surface area contributed by atoms with Gasteiger partial charge in [-0.3, -0.25) is 24.1 Å². The van der Waals surface area contributed by atoms with Gasteiger partial charge >= 0.3 is 4.87 Å². The van der Waals surface area contributed by atoms with Crippen molar-refractivity contribution in [2.75, 3.05) is 16.8 Å². The summed E-state index contributed by atoms with van der Waals surface area (Å²) in [6.07, 6.45) is 0.767. The summed E-state index contributed by atoms with van der Waals surface area (Å²) >= 11 is 12.5. The molecule has 4 aliphatic rings. The van der Waals surface area contributed by atoms with E-state index in [-0.39, 0.29) is 58.1 Å². The molecule has 228 valence electrons. The largest absolute Gasteiger partial charge is 0.483 e. The highest BCUT2D eigenvalue weighted by Gasteiger charge is 2.69. The van der Waals surface area contributed by atoms with Crippen molar-refractivity contribution in [3.63, 3.8) is 0 Å². The van der Waals surface area contributed by atoms with Crippen LogP contribution in [0.25, 0.3) is 0 Å². The van der Waals surface area contributed by atoms with Crippen molar-refractivity contribution in [3.05, 3.63) is 102 Å². The molecule has 2 aliphatic carbocycles. The Hall–Kier alpha value is -3.38. The van der Waals surface area contributed by atoms with Crippen LogP contribution in [0.2, 0.25) is 5.02 Å². The van der Waals surface area contributed by atoms with E-state index in [1.54, 1.807) is 36.0 Å². The van der Waals surface area contributed by atoms with Crippen LogP contribution < -0.4 is 19.8 Å². The van der Waals surface area contributed by atoms with Crippen molar-refractivity contribution in [1.29, 1.82) is 0 Å². The second-order valence-corrected chi connectivity index (χ2v) is 15.4. The molecular formula is C33H25BrClN3O5S2. The second-order valence-electron chi connectivity index (χ2n) is 11.8. The molecule has 1 aromatic heterocycles. The fourth-order valence-corrected chi connectivity index (χ4v) is 11.3. The Morgan fingerprint density at radius 2 is 1.73 bits per heavy atom. The van der Waals surface area contributed by atoms with Gasteiger partial charge in [0.2, 0.25) is 11.8 Å². The molecule has 2 N–H and O–H groups in total. The Morgan fingerprint density at radius 3 is 2.49 bits per heavy atom. The summed E-state index contributed by atoms with van der Waals surface area (Å²) in [5.41, 5.74) is 2.06. The van der Waals surface area contributed by atoms with Gasteiger partial charge in [0.05, 0.1) is 22.5 Å². The van der Waals surface area contributed by atoms with Crippen molar-refractivity contribution in [2.24, 2.45) is 29.6 Å². The molecule has 12 heteroatoms. The molecule has 3 amide bonds. The van der Waals surface area contributed by atoms with E-state index in [1.807, 2.05) is 48.5 Å². The molecule has 2 aliphatic heterocycles. The maximum atomic E-state index is 14.0. The predicted molar refractivity (Wildman–Crippen MR) is 177 cm³/mol. The van der Waals surface area contributed by atoms with E-state index in [2.05, 4.69) is 26.2 Å². The molecule has 4 aromatic rings. The van der Waals surface area contributed by atoms with Gasteiger partial charge in [0, 0.05) is 36.8 Å². The highest BCUT2D eigenvalue weighted by Crippen LogP contribution is 2.69. The van der Waals surface area contributed by atoms with E-state index in [0.717, 1.165) is 26.4 Å². The molecule has 3 heterocycles. The Morgan fingerprint density at radius 1 is 1.00 bits per heavy atom. The molecule has 8 rings (SSSR count). The van der Waals surface area contributed by atoms with Gasteiger partial charge < -0.3 is 15.0 Å². The number of rotatable bonds is 6. The van der Waals surface area contributed by atoms with Crippen molar-refractivity contribution >= 4 is 79.7 Å². The number of carbonyl (C=O) groups is 3. The Balaban J connectivity index is 1.15. The lowest BCUT2D eigenvalue weighted by Crippen LogP contribution is -2.42. The molecular weight excluding hydrogens is 698 g/mol.